The van der Waals surface area contributed by atoms with Crippen molar-refractivity contribution in [1.29, 1.82) is 5.26 Å². The summed E-state index contributed by atoms with van der Waals surface area (Å²) < 4.78 is 0. The molecule has 2 fully saturated rings. The molecule has 0 radical (unpaired) electrons. The molecular weight excluding hydrogens is 458 g/mol. The zero-order valence-electron chi connectivity index (χ0n) is 19.0. The molecule has 2 aliphatic heterocycles. The first kappa shape index (κ1) is 24.0. The smallest absolute Gasteiger partial charge is 0.152 e. The van der Waals surface area contributed by atoms with E-state index in [4.69, 9.17) is 22.6 Å². The van der Waals surface area contributed by atoms with Crippen molar-refractivity contribution in [3.8, 4) is 6.07 Å². The van der Waals surface area contributed by atoms with E-state index in [9.17, 15) is 5.11 Å². The number of pyridine rings is 1. The van der Waals surface area contributed by atoms with Gasteiger partial charge in [-0.15, -0.1) is 0 Å². The Labute approximate surface area is 204 Å². The Hall–Kier alpha value is -2.12. The van der Waals surface area contributed by atoms with Gasteiger partial charge < -0.3 is 20.6 Å². The van der Waals surface area contributed by atoms with Crippen LogP contribution < -0.4 is 15.5 Å². The molecule has 8 nitrogen and oxygen atoms in total. The maximum Gasteiger partial charge on any atom is 0.152 e. The molecule has 4 rings (SSSR count). The summed E-state index contributed by atoms with van der Waals surface area (Å²) in [5.74, 6) is 1.84. The van der Waals surface area contributed by atoms with Crippen molar-refractivity contribution in [3.63, 3.8) is 0 Å². The van der Waals surface area contributed by atoms with Crippen LogP contribution in [0.15, 0.2) is 28.4 Å². The molecule has 2 aliphatic rings. The van der Waals surface area contributed by atoms with Gasteiger partial charge in [0.25, 0.3) is 0 Å². The average molecular weight is 488 g/mol. The van der Waals surface area contributed by atoms with E-state index in [0.29, 0.717) is 28.1 Å². The quantitative estimate of drug-likeness (QED) is 0.605. The minimum absolute atomic E-state index is 0.125. The first-order valence-corrected chi connectivity index (χ1v) is 12.5. The topological polar surface area (TPSA) is 115 Å². The van der Waals surface area contributed by atoms with Crippen LogP contribution in [0.2, 0.25) is 5.02 Å². The van der Waals surface area contributed by atoms with Gasteiger partial charge in [-0.1, -0.05) is 30.3 Å². The minimum Gasteiger partial charge on any atom is -0.390 e. The number of rotatable bonds is 7. The number of piperidine rings is 1. The van der Waals surface area contributed by atoms with E-state index in [1.807, 2.05) is 6.07 Å². The van der Waals surface area contributed by atoms with Crippen molar-refractivity contribution in [3.05, 3.63) is 29.2 Å². The molecule has 0 spiro atoms. The molecule has 176 valence electrons. The second kappa shape index (κ2) is 10.0. The summed E-state index contributed by atoms with van der Waals surface area (Å²) in [6.07, 6.45) is 5.99. The number of halogens is 1. The Kier molecular flexibility index (Phi) is 7.29. The second-order valence-corrected chi connectivity index (χ2v) is 10.7. The third-order valence-corrected chi connectivity index (χ3v) is 8.39. The number of nitrogens with two attached hydrogens (primary N) is 1. The monoisotopic (exact) mass is 487 g/mol. The van der Waals surface area contributed by atoms with Crippen molar-refractivity contribution in [2.75, 3.05) is 36.0 Å². The maximum absolute atomic E-state index is 9.99. The molecule has 2 saturated heterocycles. The predicted octanol–water partition coefficient (Wildman–Crippen LogP) is 3.47. The third-order valence-electron chi connectivity index (χ3n) is 6.94. The van der Waals surface area contributed by atoms with E-state index in [-0.39, 0.29) is 18.1 Å². The highest BCUT2D eigenvalue weighted by molar-refractivity contribution is 7.99. The van der Waals surface area contributed by atoms with Gasteiger partial charge >= 0.3 is 0 Å². The SMILES string of the molecule is CC(N)C1(C)CCN(c2ncc(Sc3ccnc(N4CC(CC#N)C4)c3Cl)nc2CO)CC1. The number of aromatic nitrogens is 3. The van der Waals surface area contributed by atoms with Crippen molar-refractivity contribution < 1.29 is 5.11 Å². The first-order valence-electron chi connectivity index (χ1n) is 11.3. The van der Waals surface area contributed by atoms with Crippen LogP contribution in [0.4, 0.5) is 11.6 Å². The van der Waals surface area contributed by atoms with Crippen LogP contribution >= 0.6 is 23.4 Å². The van der Waals surface area contributed by atoms with E-state index >= 15 is 0 Å². The molecule has 1 atom stereocenters. The van der Waals surface area contributed by atoms with Crippen LogP contribution in [0.3, 0.4) is 0 Å². The molecule has 2 aromatic rings. The molecule has 0 aromatic carbocycles. The average Bonchev–Trinajstić information content (AvgIpc) is 2.78. The van der Waals surface area contributed by atoms with E-state index in [2.05, 4.69) is 44.7 Å². The molecule has 0 amide bonds. The third kappa shape index (κ3) is 5.04. The number of aliphatic hydroxyl groups is 1. The van der Waals surface area contributed by atoms with Crippen LogP contribution in [0.5, 0.6) is 0 Å². The zero-order valence-corrected chi connectivity index (χ0v) is 20.6. The van der Waals surface area contributed by atoms with E-state index in [1.165, 1.54) is 11.8 Å². The first-order chi connectivity index (χ1) is 15.8. The minimum atomic E-state index is -0.179. The number of nitrogens with zero attached hydrogens (tertiary/aromatic N) is 6. The highest BCUT2D eigenvalue weighted by Gasteiger charge is 2.34. The predicted molar refractivity (Wildman–Crippen MR) is 130 cm³/mol. The van der Waals surface area contributed by atoms with Gasteiger partial charge in [0.2, 0.25) is 0 Å². The van der Waals surface area contributed by atoms with Crippen molar-refractivity contribution >= 4 is 35.0 Å². The van der Waals surface area contributed by atoms with Crippen LogP contribution in [-0.4, -0.2) is 52.3 Å². The molecular formula is C23H30ClN7OS. The summed E-state index contributed by atoms with van der Waals surface area (Å²) in [5, 5.41) is 20.1. The van der Waals surface area contributed by atoms with Gasteiger partial charge in [-0.3, -0.25) is 0 Å². The largest absolute Gasteiger partial charge is 0.390 e. The van der Waals surface area contributed by atoms with E-state index in [0.717, 1.165) is 55.6 Å². The lowest BCUT2D eigenvalue weighted by Crippen LogP contribution is -2.47. The molecule has 0 bridgehead atoms. The highest BCUT2D eigenvalue weighted by Crippen LogP contribution is 2.40. The standard InChI is InChI=1S/C23H30ClN7OS/c1-15(26)23(2)5-9-30(10-6-23)21-17(14-32)29-19(11-28-21)33-18-4-8-27-22(20(18)24)31-12-16(13-31)3-7-25/h4,8,11,15-16,32H,3,5-6,9-10,12-14,26H2,1-2H3. The van der Waals surface area contributed by atoms with Gasteiger partial charge in [0.05, 0.1) is 23.9 Å². The molecule has 0 aliphatic carbocycles. The Morgan fingerprint density at radius 1 is 1.30 bits per heavy atom. The van der Waals surface area contributed by atoms with Crippen LogP contribution in [-0.2, 0) is 6.61 Å². The highest BCUT2D eigenvalue weighted by atomic mass is 35.5. The Balaban J connectivity index is 1.47. The molecule has 4 heterocycles. The number of anilines is 2. The lowest BCUT2D eigenvalue weighted by Gasteiger charge is -2.42. The van der Waals surface area contributed by atoms with Gasteiger partial charge in [0, 0.05) is 55.7 Å². The van der Waals surface area contributed by atoms with Crippen molar-refractivity contribution in [1.82, 2.24) is 15.0 Å². The van der Waals surface area contributed by atoms with E-state index in [1.54, 1.807) is 12.4 Å². The fourth-order valence-corrected chi connectivity index (χ4v) is 5.48. The van der Waals surface area contributed by atoms with E-state index < -0.39 is 0 Å². The van der Waals surface area contributed by atoms with Crippen molar-refractivity contribution in [2.24, 2.45) is 17.1 Å². The fourth-order valence-electron chi connectivity index (χ4n) is 4.34. The van der Waals surface area contributed by atoms with Gasteiger partial charge in [-0.05, 0) is 31.2 Å². The number of aliphatic hydroxyl groups excluding tert-OH is 1. The van der Waals surface area contributed by atoms with Gasteiger partial charge in [-0.25, -0.2) is 15.0 Å². The fraction of sp³-hybridized carbons (Fsp3) is 0.565. The molecule has 10 heteroatoms. The Morgan fingerprint density at radius 2 is 2.03 bits per heavy atom. The lowest BCUT2D eigenvalue weighted by molar-refractivity contribution is 0.204. The lowest BCUT2D eigenvalue weighted by atomic mass is 9.75. The number of hydrogen-bond donors (Lipinski definition) is 2. The number of hydrogen-bond acceptors (Lipinski definition) is 9. The summed E-state index contributed by atoms with van der Waals surface area (Å²) in [5.41, 5.74) is 6.88. The van der Waals surface area contributed by atoms with Crippen LogP contribution in [0, 0.1) is 22.7 Å². The molecule has 3 N–H and O–H groups in total. The van der Waals surface area contributed by atoms with Gasteiger partial charge in [0.1, 0.15) is 16.5 Å². The number of nitriles is 1. The summed E-state index contributed by atoms with van der Waals surface area (Å²) in [6, 6.07) is 4.22. The zero-order chi connectivity index (χ0) is 23.6. The molecule has 0 saturated carbocycles. The summed E-state index contributed by atoms with van der Waals surface area (Å²) >= 11 is 8.07. The molecule has 1 unspecified atom stereocenters. The summed E-state index contributed by atoms with van der Waals surface area (Å²) in [6.45, 7) is 7.39. The maximum atomic E-state index is 9.99. The van der Waals surface area contributed by atoms with Crippen molar-refractivity contribution in [2.45, 2.75) is 55.7 Å². The Morgan fingerprint density at radius 3 is 2.67 bits per heavy atom. The molecule has 33 heavy (non-hydrogen) atoms. The normalized spacial score (nSPS) is 19.2. The van der Waals surface area contributed by atoms with Crippen LogP contribution in [0.1, 0.15) is 38.8 Å². The second-order valence-electron chi connectivity index (χ2n) is 9.25. The summed E-state index contributed by atoms with van der Waals surface area (Å²) in [4.78, 5) is 18.9. The summed E-state index contributed by atoms with van der Waals surface area (Å²) in [7, 11) is 0. The van der Waals surface area contributed by atoms with Gasteiger partial charge in [0.15, 0.2) is 5.82 Å². The van der Waals surface area contributed by atoms with Crippen LogP contribution in [0.25, 0.3) is 0 Å². The molecule has 2 aromatic heterocycles. The Bertz CT molecular complexity index is 1030. The van der Waals surface area contributed by atoms with Gasteiger partial charge in [-0.2, -0.15) is 5.26 Å².